The predicted octanol–water partition coefficient (Wildman–Crippen LogP) is 2.89. The van der Waals surface area contributed by atoms with Crippen molar-refractivity contribution < 1.29 is 9.50 Å². The fraction of sp³-hybridized carbons (Fsp3) is 0.250. The molecule has 3 N–H and O–H groups in total. The third-order valence-electron chi connectivity index (χ3n) is 3.09. The number of aromatic hydroxyl groups is 1. The van der Waals surface area contributed by atoms with Crippen LogP contribution in [-0.4, -0.2) is 18.2 Å². The van der Waals surface area contributed by atoms with Gasteiger partial charge in [0.25, 0.3) is 0 Å². The molecule has 0 unspecified atom stereocenters. The summed E-state index contributed by atoms with van der Waals surface area (Å²) in [7, 11) is 0. The molecule has 0 fully saturated rings. The summed E-state index contributed by atoms with van der Waals surface area (Å²) in [6.45, 7) is 1.94. The van der Waals surface area contributed by atoms with Gasteiger partial charge in [-0.2, -0.15) is 0 Å². The van der Waals surface area contributed by atoms with Gasteiger partial charge in [0, 0.05) is 18.8 Å². The minimum Gasteiger partial charge on any atom is -0.508 e. The van der Waals surface area contributed by atoms with Crippen molar-refractivity contribution in [2.75, 3.05) is 18.0 Å². The quantitative estimate of drug-likeness (QED) is 0.851. The highest BCUT2D eigenvalue weighted by atomic mass is 19.1. The largest absolute Gasteiger partial charge is 0.508 e. The number of benzene rings is 2. The first kappa shape index (κ1) is 14.3. The summed E-state index contributed by atoms with van der Waals surface area (Å²) in [5.41, 5.74) is 7.36. The minimum absolute atomic E-state index is 0.237. The molecule has 0 aliphatic heterocycles. The molecule has 0 aliphatic rings. The Morgan fingerprint density at radius 3 is 2.60 bits per heavy atom. The van der Waals surface area contributed by atoms with Gasteiger partial charge >= 0.3 is 0 Å². The zero-order valence-corrected chi connectivity index (χ0v) is 11.3. The number of halogens is 1. The number of phenolic OH excluding ortho intramolecular Hbond substituents is 1. The van der Waals surface area contributed by atoms with E-state index < -0.39 is 0 Å². The molecular weight excluding hydrogens is 255 g/mol. The Balaban J connectivity index is 2.19. The molecule has 0 heterocycles. The minimum atomic E-state index is -0.254. The van der Waals surface area contributed by atoms with Crippen LogP contribution in [0, 0.1) is 5.82 Å². The number of hydrogen-bond donors (Lipinski definition) is 2. The Bertz CT molecular complexity index is 560. The van der Waals surface area contributed by atoms with Gasteiger partial charge in [0.2, 0.25) is 0 Å². The maximum absolute atomic E-state index is 13.4. The zero-order valence-electron chi connectivity index (χ0n) is 11.3. The van der Waals surface area contributed by atoms with Gasteiger partial charge in [0.05, 0.1) is 0 Å². The van der Waals surface area contributed by atoms with Crippen LogP contribution < -0.4 is 10.6 Å². The molecule has 4 heteroatoms. The van der Waals surface area contributed by atoms with Crippen LogP contribution in [0.15, 0.2) is 48.5 Å². The average molecular weight is 274 g/mol. The molecule has 0 spiro atoms. The second-order valence-corrected chi connectivity index (χ2v) is 4.71. The maximum Gasteiger partial charge on any atom is 0.125 e. The Morgan fingerprint density at radius 1 is 1.10 bits per heavy atom. The summed E-state index contributed by atoms with van der Waals surface area (Å²) in [5, 5.41) is 9.52. The van der Waals surface area contributed by atoms with E-state index in [0.29, 0.717) is 13.1 Å². The number of rotatable bonds is 6. The highest BCUT2D eigenvalue weighted by Gasteiger charge is 2.08. The summed E-state index contributed by atoms with van der Waals surface area (Å²) in [6.07, 6.45) is 0.829. The second-order valence-electron chi connectivity index (χ2n) is 4.71. The van der Waals surface area contributed by atoms with Crippen LogP contribution in [0.2, 0.25) is 0 Å². The van der Waals surface area contributed by atoms with Crippen molar-refractivity contribution in [1.29, 1.82) is 0 Å². The van der Waals surface area contributed by atoms with Crippen molar-refractivity contribution in [3.8, 4) is 5.75 Å². The van der Waals surface area contributed by atoms with Crippen LogP contribution in [0.3, 0.4) is 0 Å². The van der Waals surface area contributed by atoms with Gasteiger partial charge in [0.15, 0.2) is 0 Å². The molecule has 0 aliphatic carbocycles. The molecule has 2 aromatic rings. The fourth-order valence-corrected chi connectivity index (χ4v) is 2.13. The standard InChI is InChI=1S/C16H19FN2O/c17-14-5-2-6-15(11-14)19(9-3-8-18)12-13-4-1-7-16(20)10-13/h1-2,4-7,10-11,20H,3,8-9,12,18H2. The number of nitrogens with two attached hydrogens (primary N) is 1. The van der Waals surface area contributed by atoms with Crippen molar-refractivity contribution in [2.45, 2.75) is 13.0 Å². The highest BCUT2D eigenvalue weighted by Crippen LogP contribution is 2.20. The van der Waals surface area contributed by atoms with E-state index >= 15 is 0 Å². The molecule has 0 amide bonds. The Labute approximate surface area is 118 Å². The first-order valence-corrected chi connectivity index (χ1v) is 6.67. The molecule has 20 heavy (non-hydrogen) atoms. The third-order valence-corrected chi connectivity index (χ3v) is 3.09. The summed E-state index contributed by atoms with van der Waals surface area (Å²) < 4.78 is 13.4. The Hall–Kier alpha value is -2.07. The van der Waals surface area contributed by atoms with Crippen LogP contribution in [-0.2, 0) is 6.54 Å². The van der Waals surface area contributed by atoms with E-state index in [1.165, 1.54) is 12.1 Å². The Kier molecular flexibility index (Phi) is 4.96. The predicted molar refractivity (Wildman–Crippen MR) is 79.2 cm³/mol. The third kappa shape index (κ3) is 3.96. The van der Waals surface area contributed by atoms with Gasteiger partial charge in [-0.1, -0.05) is 18.2 Å². The highest BCUT2D eigenvalue weighted by molar-refractivity contribution is 5.47. The molecule has 0 aromatic heterocycles. The van der Waals surface area contributed by atoms with Crippen LogP contribution >= 0.6 is 0 Å². The SMILES string of the molecule is NCCCN(Cc1cccc(O)c1)c1cccc(F)c1. The van der Waals surface area contributed by atoms with Crippen LogP contribution in [0.5, 0.6) is 5.75 Å². The molecule has 2 aromatic carbocycles. The van der Waals surface area contributed by atoms with Gasteiger partial charge < -0.3 is 15.7 Å². The summed E-state index contributed by atoms with van der Waals surface area (Å²) in [4.78, 5) is 2.06. The monoisotopic (exact) mass is 274 g/mol. The zero-order chi connectivity index (χ0) is 14.4. The van der Waals surface area contributed by atoms with E-state index in [1.807, 2.05) is 12.1 Å². The van der Waals surface area contributed by atoms with Crippen molar-refractivity contribution in [1.82, 2.24) is 0 Å². The lowest BCUT2D eigenvalue weighted by Crippen LogP contribution is -2.25. The first-order valence-electron chi connectivity index (χ1n) is 6.67. The number of hydrogen-bond acceptors (Lipinski definition) is 3. The van der Waals surface area contributed by atoms with Crippen LogP contribution in [0.4, 0.5) is 10.1 Å². The summed E-state index contributed by atoms with van der Waals surface area (Å²) >= 11 is 0. The van der Waals surface area contributed by atoms with Gasteiger partial charge in [-0.05, 0) is 48.9 Å². The molecule has 0 atom stereocenters. The fourth-order valence-electron chi connectivity index (χ4n) is 2.13. The second kappa shape index (κ2) is 6.91. The average Bonchev–Trinajstić information content (AvgIpc) is 2.43. The number of anilines is 1. The van der Waals surface area contributed by atoms with E-state index in [4.69, 9.17) is 5.73 Å². The lowest BCUT2D eigenvalue weighted by Gasteiger charge is -2.25. The van der Waals surface area contributed by atoms with E-state index in [9.17, 15) is 9.50 Å². The van der Waals surface area contributed by atoms with Gasteiger partial charge in [-0.3, -0.25) is 0 Å². The van der Waals surface area contributed by atoms with Crippen molar-refractivity contribution in [2.24, 2.45) is 5.73 Å². The summed E-state index contributed by atoms with van der Waals surface area (Å²) in [6, 6.07) is 13.6. The topological polar surface area (TPSA) is 49.5 Å². The Morgan fingerprint density at radius 2 is 1.90 bits per heavy atom. The lowest BCUT2D eigenvalue weighted by molar-refractivity contribution is 0.474. The van der Waals surface area contributed by atoms with E-state index in [1.54, 1.807) is 24.3 Å². The van der Waals surface area contributed by atoms with Crippen LogP contribution in [0.1, 0.15) is 12.0 Å². The molecular formula is C16H19FN2O. The summed E-state index contributed by atoms with van der Waals surface area (Å²) in [5.74, 6) is -0.0170. The van der Waals surface area contributed by atoms with Crippen molar-refractivity contribution in [3.05, 3.63) is 59.9 Å². The first-order chi connectivity index (χ1) is 9.69. The van der Waals surface area contributed by atoms with Crippen molar-refractivity contribution >= 4 is 5.69 Å². The maximum atomic E-state index is 13.4. The number of nitrogens with zero attached hydrogens (tertiary/aromatic N) is 1. The van der Waals surface area contributed by atoms with E-state index in [2.05, 4.69) is 4.90 Å². The molecule has 0 radical (unpaired) electrons. The number of phenols is 1. The molecule has 0 saturated carbocycles. The van der Waals surface area contributed by atoms with Crippen LogP contribution in [0.25, 0.3) is 0 Å². The van der Waals surface area contributed by atoms with Gasteiger partial charge in [-0.25, -0.2) is 4.39 Å². The normalized spacial score (nSPS) is 10.5. The smallest absolute Gasteiger partial charge is 0.125 e. The van der Waals surface area contributed by atoms with E-state index in [0.717, 1.165) is 24.2 Å². The lowest BCUT2D eigenvalue weighted by atomic mass is 10.1. The van der Waals surface area contributed by atoms with Gasteiger partial charge in [-0.15, -0.1) is 0 Å². The molecule has 3 nitrogen and oxygen atoms in total. The molecule has 0 bridgehead atoms. The molecule has 0 saturated heterocycles. The van der Waals surface area contributed by atoms with E-state index in [-0.39, 0.29) is 11.6 Å². The molecule has 106 valence electrons. The van der Waals surface area contributed by atoms with Gasteiger partial charge in [0.1, 0.15) is 11.6 Å². The molecule has 2 rings (SSSR count). The van der Waals surface area contributed by atoms with Crippen molar-refractivity contribution in [3.63, 3.8) is 0 Å².